The smallest absolute Gasteiger partial charge is 0.127 e. The summed E-state index contributed by atoms with van der Waals surface area (Å²) in [5.74, 6) is 0.803. The Morgan fingerprint density at radius 2 is 2.15 bits per heavy atom. The molecule has 0 saturated heterocycles. The van der Waals surface area contributed by atoms with E-state index in [0.29, 0.717) is 16.3 Å². The van der Waals surface area contributed by atoms with Crippen LogP contribution < -0.4 is 10.6 Å². The van der Waals surface area contributed by atoms with Crippen LogP contribution in [0.5, 0.6) is 0 Å². The van der Waals surface area contributed by atoms with E-state index in [4.69, 9.17) is 16.9 Å². The van der Waals surface area contributed by atoms with E-state index in [1.807, 2.05) is 12.1 Å². The molecule has 0 spiro atoms. The number of aromatic nitrogens is 1. The van der Waals surface area contributed by atoms with E-state index in [9.17, 15) is 0 Å². The zero-order valence-corrected chi connectivity index (χ0v) is 11.9. The van der Waals surface area contributed by atoms with Crippen molar-refractivity contribution in [3.63, 3.8) is 0 Å². The Kier molecular flexibility index (Phi) is 4.80. The number of hydrogen-bond donors (Lipinski definition) is 2. The largest absolute Gasteiger partial charge is 0.370 e. The molecule has 0 unspecified atom stereocenters. The van der Waals surface area contributed by atoms with E-state index in [0.717, 1.165) is 24.5 Å². The number of anilines is 3. The van der Waals surface area contributed by atoms with Crippen molar-refractivity contribution in [3.05, 3.63) is 47.1 Å². The van der Waals surface area contributed by atoms with Gasteiger partial charge in [0.2, 0.25) is 0 Å². The van der Waals surface area contributed by atoms with Crippen LogP contribution in [-0.4, -0.2) is 11.5 Å². The third-order valence-electron chi connectivity index (χ3n) is 2.70. The number of pyridine rings is 1. The Labute approximate surface area is 123 Å². The third-order valence-corrected chi connectivity index (χ3v) is 2.93. The van der Waals surface area contributed by atoms with Crippen molar-refractivity contribution in [2.75, 3.05) is 17.2 Å². The van der Waals surface area contributed by atoms with Gasteiger partial charge in [-0.25, -0.2) is 4.98 Å². The van der Waals surface area contributed by atoms with Crippen LogP contribution in [0.15, 0.2) is 36.5 Å². The van der Waals surface area contributed by atoms with Gasteiger partial charge in [-0.3, -0.25) is 0 Å². The minimum Gasteiger partial charge on any atom is -0.370 e. The van der Waals surface area contributed by atoms with Gasteiger partial charge in [0.1, 0.15) is 11.9 Å². The molecule has 2 aromatic rings. The summed E-state index contributed by atoms with van der Waals surface area (Å²) in [4.78, 5) is 4.24. The molecule has 4 nitrogen and oxygen atoms in total. The molecule has 0 amide bonds. The van der Waals surface area contributed by atoms with Gasteiger partial charge in [0.15, 0.2) is 0 Å². The van der Waals surface area contributed by atoms with Gasteiger partial charge in [0.25, 0.3) is 0 Å². The monoisotopic (exact) mass is 286 g/mol. The summed E-state index contributed by atoms with van der Waals surface area (Å²) in [6.45, 7) is 2.97. The summed E-state index contributed by atoms with van der Waals surface area (Å²) in [5, 5.41) is 16.1. The molecule has 1 aromatic heterocycles. The molecule has 0 bridgehead atoms. The lowest BCUT2D eigenvalue weighted by atomic mass is 10.2. The van der Waals surface area contributed by atoms with Crippen LogP contribution in [0, 0.1) is 11.3 Å². The minimum absolute atomic E-state index is 0.550. The lowest BCUT2D eigenvalue weighted by Gasteiger charge is -2.10. The van der Waals surface area contributed by atoms with Crippen molar-refractivity contribution in [1.29, 1.82) is 5.26 Å². The summed E-state index contributed by atoms with van der Waals surface area (Å²) in [6, 6.07) is 11.0. The van der Waals surface area contributed by atoms with Gasteiger partial charge >= 0.3 is 0 Å². The highest BCUT2D eigenvalue weighted by atomic mass is 35.5. The summed E-state index contributed by atoms with van der Waals surface area (Å²) in [7, 11) is 0. The van der Waals surface area contributed by atoms with Crippen LogP contribution in [0.25, 0.3) is 0 Å². The Balaban J connectivity index is 2.22. The molecule has 1 aromatic carbocycles. The van der Waals surface area contributed by atoms with Crippen molar-refractivity contribution in [2.24, 2.45) is 0 Å². The van der Waals surface area contributed by atoms with Gasteiger partial charge in [-0.2, -0.15) is 5.26 Å². The molecule has 1 heterocycles. The normalized spacial score (nSPS) is 9.85. The lowest BCUT2D eigenvalue weighted by molar-refractivity contribution is 0.969. The second-order valence-electron chi connectivity index (χ2n) is 4.28. The van der Waals surface area contributed by atoms with Crippen LogP contribution in [0.2, 0.25) is 5.02 Å². The average Bonchev–Trinajstić information content (AvgIpc) is 2.46. The standard InChI is InChI=1S/C15H15ClN4/c1-2-6-18-15-9-13(5-7-19-15)20-14-8-12(16)4-3-11(14)10-17/h3-5,7-9H,2,6H2,1H3,(H2,18,19,20). The number of rotatable bonds is 5. The fourth-order valence-corrected chi connectivity index (χ4v) is 1.90. The molecule has 0 saturated carbocycles. The van der Waals surface area contributed by atoms with Gasteiger partial charge in [0, 0.05) is 29.5 Å². The first kappa shape index (κ1) is 14.2. The highest BCUT2D eigenvalue weighted by Crippen LogP contribution is 2.25. The SMILES string of the molecule is CCCNc1cc(Nc2cc(Cl)ccc2C#N)ccn1. The van der Waals surface area contributed by atoms with Crippen LogP contribution in [0.4, 0.5) is 17.2 Å². The topological polar surface area (TPSA) is 60.7 Å². The number of benzene rings is 1. The van der Waals surface area contributed by atoms with Gasteiger partial charge in [0.05, 0.1) is 11.3 Å². The highest BCUT2D eigenvalue weighted by Gasteiger charge is 2.04. The van der Waals surface area contributed by atoms with Crippen molar-refractivity contribution in [3.8, 4) is 6.07 Å². The van der Waals surface area contributed by atoms with Crippen molar-refractivity contribution < 1.29 is 0 Å². The molecule has 0 atom stereocenters. The average molecular weight is 287 g/mol. The predicted octanol–water partition coefficient (Wildman–Crippen LogP) is 4.17. The van der Waals surface area contributed by atoms with Crippen LogP contribution >= 0.6 is 11.6 Å². The molecule has 0 aliphatic heterocycles. The molecule has 2 rings (SSSR count). The van der Waals surface area contributed by atoms with Crippen LogP contribution in [0.3, 0.4) is 0 Å². The Hall–Kier alpha value is -2.25. The highest BCUT2D eigenvalue weighted by molar-refractivity contribution is 6.30. The molecule has 2 N–H and O–H groups in total. The van der Waals surface area contributed by atoms with Crippen molar-refractivity contribution >= 4 is 28.8 Å². The number of hydrogen-bond acceptors (Lipinski definition) is 4. The Morgan fingerprint density at radius 3 is 2.90 bits per heavy atom. The molecule has 0 fully saturated rings. The lowest BCUT2D eigenvalue weighted by Crippen LogP contribution is -2.02. The fourth-order valence-electron chi connectivity index (χ4n) is 1.73. The second kappa shape index (κ2) is 6.78. The summed E-state index contributed by atoms with van der Waals surface area (Å²) in [6.07, 6.45) is 2.75. The molecule has 0 aliphatic rings. The number of nitrogens with zero attached hydrogens (tertiary/aromatic N) is 2. The molecular formula is C15H15ClN4. The van der Waals surface area contributed by atoms with Crippen LogP contribution in [0.1, 0.15) is 18.9 Å². The van der Waals surface area contributed by atoms with Gasteiger partial charge in [-0.15, -0.1) is 0 Å². The second-order valence-corrected chi connectivity index (χ2v) is 4.72. The van der Waals surface area contributed by atoms with Gasteiger partial charge in [-0.05, 0) is 30.7 Å². The maximum Gasteiger partial charge on any atom is 0.127 e. The first-order valence-corrected chi connectivity index (χ1v) is 6.77. The molecule has 5 heteroatoms. The molecule has 0 radical (unpaired) electrons. The zero-order chi connectivity index (χ0) is 14.4. The Morgan fingerprint density at radius 1 is 1.30 bits per heavy atom. The predicted molar refractivity (Wildman–Crippen MR) is 82.5 cm³/mol. The zero-order valence-electron chi connectivity index (χ0n) is 11.2. The first-order valence-electron chi connectivity index (χ1n) is 6.39. The quantitative estimate of drug-likeness (QED) is 0.866. The summed E-state index contributed by atoms with van der Waals surface area (Å²) in [5.41, 5.74) is 2.10. The van der Waals surface area contributed by atoms with Crippen molar-refractivity contribution in [1.82, 2.24) is 4.98 Å². The van der Waals surface area contributed by atoms with E-state index < -0.39 is 0 Å². The Bertz CT molecular complexity index is 634. The van der Waals surface area contributed by atoms with Crippen molar-refractivity contribution in [2.45, 2.75) is 13.3 Å². The fraction of sp³-hybridized carbons (Fsp3) is 0.200. The first-order chi connectivity index (χ1) is 9.72. The van der Waals surface area contributed by atoms with E-state index >= 15 is 0 Å². The maximum absolute atomic E-state index is 9.10. The number of halogens is 1. The van der Waals surface area contributed by atoms with E-state index in [1.54, 1.807) is 24.4 Å². The third kappa shape index (κ3) is 3.62. The van der Waals surface area contributed by atoms with E-state index in [-0.39, 0.29) is 0 Å². The van der Waals surface area contributed by atoms with Gasteiger partial charge < -0.3 is 10.6 Å². The molecular weight excluding hydrogens is 272 g/mol. The molecule has 20 heavy (non-hydrogen) atoms. The number of nitriles is 1. The molecule has 0 aliphatic carbocycles. The maximum atomic E-state index is 9.10. The van der Waals surface area contributed by atoms with E-state index in [1.165, 1.54) is 0 Å². The van der Waals surface area contributed by atoms with E-state index in [2.05, 4.69) is 28.6 Å². The van der Waals surface area contributed by atoms with Crippen LogP contribution in [-0.2, 0) is 0 Å². The van der Waals surface area contributed by atoms with Gasteiger partial charge in [-0.1, -0.05) is 18.5 Å². The summed E-state index contributed by atoms with van der Waals surface area (Å²) < 4.78 is 0. The number of nitrogens with one attached hydrogen (secondary N) is 2. The molecule has 102 valence electrons. The minimum atomic E-state index is 0.550. The summed E-state index contributed by atoms with van der Waals surface area (Å²) >= 11 is 5.97.